The summed E-state index contributed by atoms with van der Waals surface area (Å²) in [7, 11) is -3.18. The highest BCUT2D eigenvalue weighted by Crippen LogP contribution is 2.17. The zero-order valence-electron chi connectivity index (χ0n) is 12.2. The molecule has 0 spiro atoms. The first kappa shape index (κ1) is 15.0. The first-order valence-electron chi connectivity index (χ1n) is 7.11. The molecule has 3 rings (SSSR count). The molecule has 1 saturated heterocycles. The largest absolute Gasteiger partial charge is 0.443 e. The summed E-state index contributed by atoms with van der Waals surface area (Å²) in [6, 6.07) is 5.12. The summed E-state index contributed by atoms with van der Waals surface area (Å²) in [6.07, 6.45) is 1.34. The molecule has 0 unspecified atom stereocenters. The summed E-state index contributed by atoms with van der Waals surface area (Å²) in [5, 5.41) is 0. The van der Waals surface area contributed by atoms with Gasteiger partial charge in [0, 0.05) is 31.7 Å². The molecule has 0 N–H and O–H groups in total. The number of benzene rings is 1. The Bertz CT molecular complexity index is 791. The van der Waals surface area contributed by atoms with E-state index in [2.05, 4.69) is 4.98 Å². The van der Waals surface area contributed by atoms with Crippen LogP contribution in [-0.2, 0) is 10.0 Å². The number of fused-ring (bicyclic) bond motifs is 1. The van der Waals surface area contributed by atoms with Gasteiger partial charge in [-0.2, -0.15) is 4.31 Å². The molecule has 0 radical (unpaired) electrons. The second-order valence-corrected chi connectivity index (χ2v) is 7.38. The second-order valence-electron chi connectivity index (χ2n) is 5.13. The third kappa shape index (κ3) is 2.71. The van der Waals surface area contributed by atoms with E-state index in [4.69, 9.17) is 4.42 Å². The number of aromatic nitrogens is 1. The molecule has 0 bridgehead atoms. The molecule has 1 amide bonds. The number of hydrogen-bond acceptors (Lipinski definition) is 5. The highest BCUT2D eigenvalue weighted by molar-refractivity contribution is 7.89. The Morgan fingerprint density at radius 3 is 2.68 bits per heavy atom. The maximum atomic E-state index is 12.5. The Hall–Kier alpha value is -1.93. The van der Waals surface area contributed by atoms with Gasteiger partial charge >= 0.3 is 0 Å². The molecule has 1 aliphatic rings. The fraction of sp³-hybridized carbons (Fsp3) is 0.429. The third-order valence-electron chi connectivity index (χ3n) is 3.86. The van der Waals surface area contributed by atoms with Crippen LogP contribution in [0.15, 0.2) is 29.0 Å². The number of carbonyl (C=O) groups is 1. The van der Waals surface area contributed by atoms with Crippen LogP contribution in [0, 0.1) is 0 Å². The van der Waals surface area contributed by atoms with Crippen LogP contribution in [0.3, 0.4) is 0 Å². The highest BCUT2D eigenvalue weighted by Gasteiger charge is 2.28. The SMILES string of the molecule is CCS(=O)(=O)N1CCN(C(=O)c2ccc3ncoc3c2)CC1. The van der Waals surface area contributed by atoms with Crippen molar-refractivity contribution < 1.29 is 17.6 Å². The van der Waals surface area contributed by atoms with Crippen LogP contribution in [-0.4, -0.2) is 60.4 Å². The van der Waals surface area contributed by atoms with Gasteiger partial charge in [-0.25, -0.2) is 13.4 Å². The number of rotatable bonds is 3. The Labute approximate surface area is 128 Å². The number of amides is 1. The predicted octanol–water partition coefficient (Wildman–Crippen LogP) is 0.935. The van der Waals surface area contributed by atoms with Gasteiger partial charge in [0.2, 0.25) is 10.0 Å². The molecule has 0 atom stereocenters. The average molecular weight is 323 g/mol. The molecular weight excluding hydrogens is 306 g/mol. The zero-order valence-corrected chi connectivity index (χ0v) is 13.0. The maximum absolute atomic E-state index is 12.5. The average Bonchev–Trinajstić information content (AvgIpc) is 3.02. The summed E-state index contributed by atoms with van der Waals surface area (Å²) >= 11 is 0. The molecule has 22 heavy (non-hydrogen) atoms. The van der Waals surface area contributed by atoms with Gasteiger partial charge in [0.15, 0.2) is 12.0 Å². The minimum absolute atomic E-state index is 0.0864. The number of hydrogen-bond donors (Lipinski definition) is 0. The van der Waals surface area contributed by atoms with Gasteiger partial charge in [-0.3, -0.25) is 4.79 Å². The molecule has 1 aliphatic heterocycles. The second kappa shape index (κ2) is 5.69. The van der Waals surface area contributed by atoms with Crippen LogP contribution in [0.4, 0.5) is 0 Å². The smallest absolute Gasteiger partial charge is 0.254 e. The summed E-state index contributed by atoms with van der Waals surface area (Å²) < 4.78 is 30.3. The van der Waals surface area contributed by atoms with E-state index in [1.807, 2.05) is 0 Å². The van der Waals surface area contributed by atoms with Crippen molar-refractivity contribution in [2.75, 3.05) is 31.9 Å². The Morgan fingerprint density at radius 2 is 2.00 bits per heavy atom. The number of nitrogens with zero attached hydrogens (tertiary/aromatic N) is 3. The summed E-state index contributed by atoms with van der Waals surface area (Å²) in [4.78, 5) is 18.2. The fourth-order valence-electron chi connectivity index (χ4n) is 2.52. The van der Waals surface area contributed by atoms with E-state index >= 15 is 0 Å². The van der Waals surface area contributed by atoms with Crippen LogP contribution < -0.4 is 0 Å². The molecule has 1 aromatic carbocycles. The van der Waals surface area contributed by atoms with Gasteiger partial charge in [-0.1, -0.05) is 0 Å². The van der Waals surface area contributed by atoms with Crippen molar-refractivity contribution >= 4 is 27.0 Å². The lowest BCUT2D eigenvalue weighted by Crippen LogP contribution is -2.50. The highest BCUT2D eigenvalue weighted by atomic mass is 32.2. The van der Waals surface area contributed by atoms with E-state index < -0.39 is 10.0 Å². The first-order chi connectivity index (χ1) is 10.5. The van der Waals surface area contributed by atoms with Gasteiger partial charge in [0.05, 0.1) is 5.75 Å². The molecule has 118 valence electrons. The quantitative estimate of drug-likeness (QED) is 0.839. The van der Waals surface area contributed by atoms with Crippen molar-refractivity contribution in [2.24, 2.45) is 0 Å². The minimum Gasteiger partial charge on any atom is -0.443 e. The van der Waals surface area contributed by atoms with Crippen molar-refractivity contribution in [3.05, 3.63) is 30.2 Å². The predicted molar refractivity (Wildman–Crippen MR) is 80.9 cm³/mol. The standard InChI is InChI=1S/C14H17N3O4S/c1-2-22(19,20)17-7-5-16(6-8-17)14(18)11-3-4-12-13(9-11)21-10-15-12/h3-4,9-10H,2,5-8H2,1H3. The van der Waals surface area contributed by atoms with Crippen molar-refractivity contribution in [1.29, 1.82) is 0 Å². The van der Waals surface area contributed by atoms with Crippen molar-refractivity contribution in [3.63, 3.8) is 0 Å². The minimum atomic E-state index is -3.18. The normalized spacial score (nSPS) is 17.0. The lowest BCUT2D eigenvalue weighted by molar-refractivity contribution is 0.0698. The molecule has 2 aromatic rings. The molecule has 7 nitrogen and oxygen atoms in total. The van der Waals surface area contributed by atoms with E-state index in [-0.39, 0.29) is 11.7 Å². The van der Waals surface area contributed by atoms with E-state index in [0.717, 1.165) is 0 Å². The number of sulfonamides is 1. The molecule has 8 heteroatoms. The zero-order chi connectivity index (χ0) is 15.7. The van der Waals surface area contributed by atoms with Crippen molar-refractivity contribution in [3.8, 4) is 0 Å². The van der Waals surface area contributed by atoms with Gasteiger partial charge < -0.3 is 9.32 Å². The lowest BCUT2D eigenvalue weighted by atomic mass is 10.1. The monoisotopic (exact) mass is 323 g/mol. The molecular formula is C14H17N3O4S. The maximum Gasteiger partial charge on any atom is 0.254 e. The number of carbonyl (C=O) groups excluding carboxylic acids is 1. The molecule has 0 saturated carbocycles. The Morgan fingerprint density at radius 1 is 1.27 bits per heavy atom. The van der Waals surface area contributed by atoms with E-state index in [9.17, 15) is 13.2 Å². The molecule has 1 aromatic heterocycles. The van der Waals surface area contributed by atoms with E-state index in [0.29, 0.717) is 42.8 Å². The summed E-state index contributed by atoms with van der Waals surface area (Å²) in [5.41, 5.74) is 1.80. The van der Waals surface area contributed by atoms with Crippen LogP contribution in [0.1, 0.15) is 17.3 Å². The number of oxazole rings is 1. The van der Waals surface area contributed by atoms with E-state index in [1.165, 1.54) is 10.7 Å². The third-order valence-corrected chi connectivity index (χ3v) is 5.74. The number of piperazine rings is 1. The van der Waals surface area contributed by atoms with Gasteiger partial charge in [-0.05, 0) is 25.1 Å². The summed E-state index contributed by atoms with van der Waals surface area (Å²) in [6.45, 7) is 3.09. The summed E-state index contributed by atoms with van der Waals surface area (Å²) in [5.74, 6) is -0.0322. The first-order valence-corrected chi connectivity index (χ1v) is 8.72. The Balaban J connectivity index is 1.71. The van der Waals surface area contributed by atoms with Crippen LogP contribution >= 0.6 is 0 Å². The topological polar surface area (TPSA) is 83.7 Å². The molecule has 0 aliphatic carbocycles. The van der Waals surface area contributed by atoms with E-state index in [1.54, 1.807) is 30.0 Å². The lowest BCUT2D eigenvalue weighted by Gasteiger charge is -2.33. The van der Waals surface area contributed by atoms with Crippen LogP contribution in [0.25, 0.3) is 11.1 Å². The fourth-order valence-corrected chi connectivity index (χ4v) is 3.61. The van der Waals surface area contributed by atoms with Crippen LogP contribution in [0.2, 0.25) is 0 Å². The van der Waals surface area contributed by atoms with Gasteiger partial charge in [0.1, 0.15) is 5.52 Å². The van der Waals surface area contributed by atoms with Crippen LogP contribution in [0.5, 0.6) is 0 Å². The van der Waals surface area contributed by atoms with Gasteiger partial charge in [-0.15, -0.1) is 0 Å². The van der Waals surface area contributed by atoms with Crippen molar-refractivity contribution in [1.82, 2.24) is 14.2 Å². The molecule has 2 heterocycles. The Kier molecular flexibility index (Phi) is 3.88. The van der Waals surface area contributed by atoms with Gasteiger partial charge in [0.25, 0.3) is 5.91 Å². The van der Waals surface area contributed by atoms with Crippen molar-refractivity contribution in [2.45, 2.75) is 6.92 Å². The molecule has 1 fully saturated rings.